The monoisotopic (exact) mass is 430 g/mol. The van der Waals surface area contributed by atoms with E-state index in [-0.39, 0.29) is 42.2 Å². The Balaban J connectivity index is 1.59. The van der Waals surface area contributed by atoms with E-state index in [2.05, 4.69) is 10.6 Å². The Morgan fingerprint density at radius 2 is 2.00 bits per heavy atom. The minimum Gasteiger partial charge on any atom is -0.491 e. The highest BCUT2D eigenvalue weighted by Gasteiger charge is 2.45. The second-order valence-electron chi connectivity index (χ2n) is 7.39. The molecule has 0 bridgehead atoms. The molecule has 0 radical (unpaired) electrons. The summed E-state index contributed by atoms with van der Waals surface area (Å²) in [5.74, 6) is -1.89. The first-order valence-corrected chi connectivity index (χ1v) is 10.3. The van der Waals surface area contributed by atoms with Gasteiger partial charge in [0.1, 0.15) is 18.4 Å². The highest BCUT2D eigenvalue weighted by molar-refractivity contribution is 6.24. The van der Waals surface area contributed by atoms with E-state index in [1.807, 2.05) is 6.92 Å². The molecule has 3 rings (SSSR count). The molecule has 1 unspecified atom stereocenters. The summed E-state index contributed by atoms with van der Waals surface area (Å²) in [6.45, 7) is 3.71. The van der Waals surface area contributed by atoms with Gasteiger partial charge in [0.05, 0.1) is 11.1 Å². The highest BCUT2D eigenvalue weighted by atomic mass is 16.5. The molecule has 166 valence electrons. The van der Waals surface area contributed by atoms with Gasteiger partial charge in [0.25, 0.3) is 11.8 Å². The molecule has 0 spiro atoms. The van der Waals surface area contributed by atoms with Crippen molar-refractivity contribution >= 4 is 29.5 Å². The van der Waals surface area contributed by atoms with E-state index in [1.165, 1.54) is 6.07 Å². The Morgan fingerprint density at radius 3 is 2.71 bits per heavy atom. The predicted octanol–water partition coefficient (Wildman–Crippen LogP) is -0.0754. The van der Waals surface area contributed by atoms with Crippen LogP contribution in [0.4, 0.5) is 0 Å². The first-order valence-electron chi connectivity index (χ1n) is 10.3. The van der Waals surface area contributed by atoms with Crippen LogP contribution < -0.4 is 15.4 Å². The molecule has 2 N–H and O–H groups in total. The lowest BCUT2D eigenvalue weighted by molar-refractivity contribution is -0.136. The molecule has 0 aromatic heterocycles. The van der Waals surface area contributed by atoms with Crippen LogP contribution in [0.1, 0.15) is 46.9 Å². The largest absolute Gasteiger partial charge is 0.491 e. The molecular weight excluding hydrogens is 404 g/mol. The first-order chi connectivity index (χ1) is 14.8. The quantitative estimate of drug-likeness (QED) is 0.415. The van der Waals surface area contributed by atoms with Crippen LogP contribution in [0, 0.1) is 0 Å². The van der Waals surface area contributed by atoms with E-state index < -0.39 is 29.7 Å². The van der Waals surface area contributed by atoms with Crippen molar-refractivity contribution in [3.8, 4) is 5.75 Å². The first kappa shape index (κ1) is 22.4. The summed E-state index contributed by atoms with van der Waals surface area (Å²) in [7, 11) is 1.74. The minimum atomic E-state index is -1.01. The molecule has 0 aliphatic carbocycles. The predicted molar refractivity (Wildman–Crippen MR) is 109 cm³/mol. The Kier molecular flexibility index (Phi) is 7.01. The van der Waals surface area contributed by atoms with Gasteiger partial charge in [0.15, 0.2) is 0 Å². The number of hydrogen-bond donors (Lipinski definition) is 2. The number of piperidine rings is 1. The molecule has 1 atom stereocenters. The Hall–Kier alpha value is -3.27. The van der Waals surface area contributed by atoms with Crippen LogP contribution >= 0.6 is 0 Å². The minimum absolute atomic E-state index is 0.0673. The summed E-state index contributed by atoms with van der Waals surface area (Å²) in [6.07, 6.45) is 0.629. The molecule has 1 fully saturated rings. The van der Waals surface area contributed by atoms with Crippen LogP contribution in [-0.2, 0) is 14.4 Å². The van der Waals surface area contributed by atoms with Gasteiger partial charge in [-0.05, 0) is 18.6 Å². The van der Waals surface area contributed by atoms with Crippen molar-refractivity contribution in [2.24, 2.45) is 0 Å². The molecule has 2 aliphatic heterocycles. The van der Waals surface area contributed by atoms with Gasteiger partial charge in [-0.25, -0.2) is 0 Å². The normalized spacial score (nSPS) is 18.1. The number of nitrogens with one attached hydrogen (secondary N) is 2. The van der Waals surface area contributed by atoms with Gasteiger partial charge in [0, 0.05) is 39.5 Å². The zero-order valence-electron chi connectivity index (χ0n) is 17.6. The van der Waals surface area contributed by atoms with Crippen LogP contribution in [0.5, 0.6) is 5.75 Å². The maximum absolute atomic E-state index is 13.0. The van der Waals surface area contributed by atoms with Gasteiger partial charge in [-0.3, -0.25) is 34.2 Å². The Bertz CT molecular complexity index is 915. The molecule has 2 heterocycles. The van der Waals surface area contributed by atoms with Crippen molar-refractivity contribution in [3.63, 3.8) is 0 Å². The van der Waals surface area contributed by atoms with Crippen molar-refractivity contribution in [2.75, 3.05) is 33.3 Å². The lowest BCUT2D eigenvalue weighted by Crippen LogP contribution is -2.54. The third-order valence-corrected chi connectivity index (χ3v) is 5.32. The fourth-order valence-corrected chi connectivity index (χ4v) is 3.60. The lowest BCUT2D eigenvalue weighted by Gasteiger charge is -2.27. The average Bonchev–Trinajstić information content (AvgIpc) is 3.01. The van der Waals surface area contributed by atoms with E-state index in [0.717, 1.165) is 4.90 Å². The van der Waals surface area contributed by atoms with Gasteiger partial charge in [-0.15, -0.1) is 0 Å². The summed E-state index contributed by atoms with van der Waals surface area (Å²) < 4.78 is 5.73. The number of fused-ring (bicyclic) bond motifs is 1. The third kappa shape index (κ3) is 4.74. The molecule has 0 saturated carbocycles. The van der Waals surface area contributed by atoms with E-state index in [1.54, 1.807) is 24.1 Å². The standard InChI is InChI=1S/C21H26N4O6/c1-3-17(27)24(2)11-9-22-10-12-31-15-6-4-5-13-18(15)21(30)25(20(13)29)14-7-8-16(26)23-19(14)28/h4-6,14,22H,3,7-12H2,1-2H3,(H,23,26,28). The van der Waals surface area contributed by atoms with Gasteiger partial charge in [-0.2, -0.15) is 0 Å². The van der Waals surface area contributed by atoms with E-state index in [9.17, 15) is 24.0 Å². The van der Waals surface area contributed by atoms with Crippen LogP contribution in [-0.4, -0.2) is 78.7 Å². The maximum Gasteiger partial charge on any atom is 0.266 e. The van der Waals surface area contributed by atoms with Crippen LogP contribution in [0.25, 0.3) is 0 Å². The third-order valence-electron chi connectivity index (χ3n) is 5.32. The number of imide groups is 2. The van der Waals surface area contributed by atoms with Crippen molar-refractivity contribution in [3.05, 3.63) is 29.3 Å². The van der Waals surface area contributed by atoms with E-state index in [0.29, 0.717) is 26.1 Å². The number of carbonyl (C=O) groups excluding carboxylic acids is 5. The topological polar surface area (TPSA) is 125 Å². The van der Waals surface area contributed by atoms with Crippen LogP contribution in [0.3, 0.4) is 0 Å². The molecular formula is C21H26N4O6. The summed E-state index contributed by atoms with van der Waals surface area (Å²) in [5, 5.41) is 5.33. The van der Waals surface area contributed by atoms with Crippen LogP contribution in [0.2, 0.25) is 0 Å². The average molecular weight is 430 g/mol. The smallest absolute Gasteiger partial charge is 0.266 e. The second kappa shape index (κ2) is 9.69. The summed E-state index contributed by atoms with van der Waals surface area (Å²) >= 11 is 0. The zero-order valence-corrected chi connectivity index (χ0v) is 17.6. The fourth-order valence-electron chi connectivity index (χ4n) is 3.60. The molecule has 10 heteroatoms. The molecule has 2 aliphatic rings. The van der Waals surface area contributed by atoms with E-state index in [4.69, 9.17) is 4.74 Å². The molecule has 1 aromatic rings. The van der Waals surface area contributed by atoms with Crippen molar-refractivity contribution in [1.29, 1.82) is 0 Å². The number of amides is 5. The maximum atomic E-state index is 13.0. The number of nitrogens with zero attached hydrogens (tertiary/aromatic N) is 2. The Labute approximate surface area is 179 Å². The molecule has 31 heavy (non-hydrogen) atoms. The lowest BCUT2D eigenvalue weighted by atomic mass is 10.0. The molecule has 5 amide bonds. The number of ether oxygens (including phenoxy) is 1. The number of carbonyl (C=O) groups is 5. The van der Waals surface area contributed by atoms with Gasteiger partial charge >= 0.3 is 0 Å². The Morgan fingerprint density at radius 1 is 1.23 bits per heavy atom. The zero-order chi connectivity index (χ0) is 22.5. The number of hydrogen-bond acceptors (Lipinski definition) is 7. The number of rotatable bonds is 9. The number of benzene rings is 1. The SMILES string of the molecule is CCC(=O)N(C)CCNCCOc1cccc2c1C(=O)N(C1CCC(=O)NC1=O)C2=O. The van der Waals surface area contributed by atoms with Crippen molar-refractivity contribution in [2.45, 2.75) is 32.2 Å². The fraction of sp³-hybridized carbons (Fsp3) is 0.476. The van der Waals surface area contributed by atoms with Gasteiger partial charge in [0.2, 0.25) is 17.7 Å². The summed E-state index contributed by atoms with van der Waals surface area (Å²) in [5.41, 5.74) is 0.310. The molecule has 1 saturated heterocycles. The van der Waals surface area contributed by atoms with Crippen molar-refractivity contribution < 1.29 is 28.7 Å². The summed E-state index contributed by atoms with van der Waals surface area (Å²) in [4.78, 5) is 63.4. The highest BCUT2D eigenvalue weighted by Crippen LogP contribution is 2.33. The number of likely N-dealkylation sites (N-methyl/N-ethyl adjacent to an activating group) is 1. The van der Waals surface area contributed by atoms with Crippen LogP contribution in [0.15, 0.2) is 18.2 Å². The second-order valence-corrected chi connectivity index (χ2v) is 7.39. The summed E-state index contributed by atoms with van der Waals surface area (Å²) in [6, 6.07) is 3.73. The molecule has 1 aromatic carbocycles. The van der Waals surface area contributed by atoms with Gasteiger partial charge in [-0.1, -0.05) is 13.0 Å². The van der Waals surface area contributed by atoms with E-state index >= 15 is 0 Å². The van der Waals surface area contributed by atoms with Crippen molar-refractivity contribution in [1.82, 2.24) is 20.4 Å². The van der Waals surface area contributed by atoms with Gasteiger partial charge < -0.3 is 15.0 Å². The molecule has 10 nitrogen and oxygen atoms in total.